The molecule has 2 aromatic rings. The van der Waals surface area contributed by atoms with Crippen molar-refractivity contribution in [3.05, 3.63) is 42.1 Å². The van der Waals surface area contributed by atoms with Crippen molar-refractivity contribution in [2.24, 2.45) is 5.92 Å². The van der Waals surface area contributed by atoms with E-state index in [-0.39, 0.29) is 12.4 Å². The smallest absolute Gasteiger partial charge is 0.0695 e. The molecule has 0 saturated carbocycles. The maximum absolute atomic E-state index is 4.21. The molecule has 1 aliphatic rings. The molecule has 1 aromatic heterocycles. The van der Waals surface area contributed by atoms with Gasteiger partial charge in [-0.05, 0) is 44.8 Å². The van der Waals surface area contributed by atoms with E-state index in [0.29, 0.717) is 6.04 Å². The summed E-state index contributed by atoms with van der Waals surface area (Å²) in [5.41, 5.74) is 3.57. The molecule has 23 heavy (non-hydrogen) atoms. The highest BCUT2D eigenvalue weighted by atomic mass is 35.5. The van der Waals surface area contributed by atoms with E-state index in [2.05, 4.69) is 58.5 Å². The van der Waals surface area contributed by atoms with Gasteiger partial charge < -0.3 is 10.2 Å². The Hall–Kier alpha value is -1.36. The molecular weight excluding hydrogens is 308 g/mol. The van der Waals surface area contributed by atoms with Crippen LogP contribution in [0.2, 0.25) is 0 Å². The van der Waals surface area contributed by atoms with Gasteiger partial charge in [-0.3, -0.25) is 5.10 Å². The predicted molar refractivity (Wildman–Crippen MR) is 97.8 cm³/mol. The molecule has 0 amide bonds. The van der Waals surface area contributed by atoms with Crippen LogP contribution < -0.4 is 5.32 Å². The molecule has 1 saturated heterocycles. The monoisotopic (exact) mass is 334 g/mol. The van der Waals surface area contributed by atoms with Crippen molar-refractivity contribution in [2.45, 2.75) is 32.9 Å². The first kappa shape index (κ1) is 18.0. The van der Waals surface area contributed by atoms with E-state index in [1.807, 2.05) is 12.3 Å². The summed E-state index contributed by atoms with van der Waals surface area (Å²) in [4.78, 5) is 2.57. The summed E-state index contributed by atoms with van der Waals surface area (Å²) < 4.78 is 0. The van der Waals surface area contributed by atoms with Crippen molar-refractivity contribution >= 4 is 12.4 Å². The zero-order valence-corrected chi connectivity index (χ0v) is 14.8. The van der Waals surface area contributed by atoms with Gasteiger partial charge in [-0.1, -0.05) is 30.3 Å². The lowest BCUT2D eigenvalue weighted by atomic mass is 10.1. The largest absolute Gasteiger partial charge is 0.312 e. The van der Waals surface area contributed by atoms with Gasteiger partial charge in [0.1, 0.15) is 0 Å². The third-order valence-electron chi connectivity index (χ3n) is 4.58. The first-order chi connectivity index (χ1) is 10.7. The van der Waals surface area contributed by atoms with Crippen LogP contribution in [-0.2, 0) is 6.54 Å². The van der Waals surface area contributed by atoms with Crippen LogP contribution >= 0.6 is 12.4 Å². The number of rotatable bonds is 6. The Bertz CT molecular complexity index is 582. The fourth-order valence-corrected chi connectivity index (χ4v) is 3.21. The molecule has 1 atom stereocenters. The van der Waals surface area contributed by atoms with E-state index < -0.39 is 0 Å². The molecule has 3 rings (SSSR count). The molecule has 1 aromatic carbocycles. The summed E-state index contributed by atoms with van der Waals surface area (Å²) >= 11 is 0. The van der Waals surface area contributed by atoms with Gasteiger partial charge in [-0.15, -0.1) is 12.4 Å². The van der Waals surface area contributed by atoms with Gasteiger partial charge in [0, 0.05) is 24.7 Å². The van der Waals surface area contributed by atoms with Gasteiger partial charge in [0.05, 0.1) is 11.9 Å². The minimum absolute atomic E-state index is 0. The number of likely N-dealkylation sites (tertiary alicyclic amines) is 1. The summed E-state index contributed by atoms with van der Waals surface area (Å²) in [6.45, 7) is 8.99. The molecule has 0 bridgehead atoms. The van der Waals surface area contributed by atoms with Gasteiger partial charge >= 0.3 is 0 Å². The van der Waals surface area contributed by atoms with Crippen LogP contribution in [0.1, 0.15) is 25.8 Å². The molecule has 1 fully saturated rings. The summed E-state index contributed by atoms with van der Waals surface area (Å²) in [7, 11) is 0. The maximum atomic E-state index is 4.21. The van der Waals surface area contributed by atoms with Crippen molar-refractivity contribution < 1.29 is 0 Å². The van der Waals surface area contributed by atoms with Crippen molar-refractivity contribution in [1.29, 1.82) is 0 Å². The van der Waals surface area contributed by atoms with E-state index >= 15 is 0 Å². The summed E-state index contributed by atoms with van der Waals surface area (Å²) in [5, 5.41) is 10.9. The minimum Gasteiger partial charge on any atom is -0.312 e. The van der Waals surface area contributed by atoms with Gasteiger partial charge in [-0.25, -0.2) is 0 Å². The fraction of sp³-hybridized carbons (Fsp3) is 0.500. The quantitative estimate of drug-likeness (QED) is 0.851. The molecule has 1 unspecified atom stereocenters. The van der Waals surface area contributed by atoms with Crippen LogP contribution in [0, 0.1) is 5.92 Å². The lowest BCUT2D eigenvalue weighted by molar-refractivity contribution is 0.264. The van der Waals surface area contributed by atoms with E-state index in [1.165, 1.54) is 30.6 Å². The first-order valence-electron chi connectivity index (χ1n) is 8.26. The van der Waals surface area contributed by atoms with Crippen molar-refractivity contribution in [3.63, 3.8) is 0 Å². The van der Waals surface area contributed by atoms with Crippen LogP contribution in [0.4, 0.5) is 0 Å². The standard InChI is InChI=1S/C18H26N4.ClH/c1-14(2)22-9-8-15(13-22)10-19-11-17-12-20-21-18(17)16-6-4-3-5-7-16;/h3-7,12,14-15,19H,8-11,13H2,1-2H3,(H,20,21);1H. The molecule has 0 radical (unpaired) electrons. The molecule has 126 valence electrons. The minimum atomic E-state index is 0. The highest BCUT2D eigenvalue weighted by Gasteiger charge is 2.23. The topological polar surface area (TPSA) is 44.0 Å². The second kappa shape index (κ2) is 8.48. The zero-order valence-electron chi connectivity index (χ0n) is 14.0. The number of aromatic amines is 1. The van der Waals surface area contributed by atoms with Gasteiger partial charge in [0.15, 0.2) is 0 Å². The maximum Gasteiger partial charge on any atom is 0.0695 e. The van der Waals surface area contributed by atoms with Crippen LogP contribution in [0.25, 0.3) is 11.3 Å². The third-order valence-corrected chi connectivity index (χ3v) is 4.58. The Labute approximate surface area is 145 Å². The lowest BCUT2D eigenvalue weighted by Gasteiger charge is -2.20. The Morgan fingerprint density at radius 3 is 2.78 bits per heavy atom. The highest BCUT2D eigenvalue weighted by molar-refractivity contribution is 5.85. The highest BCUT2D eigenvalue weighted by Crippen LogP contribution is 2.21. The zero-order chi connectivity index (χ0) is 15.4. The normalized spacial score (nSPS) is 18.3. The first-order valence-corrected chi connectivity index (χ1v) is 8.26. The number of halogens is 1. The number of hydrogen-bond acceptors (Lipinski definition) is 3. The second-order valence-corrected chi connectivity index (χ2v) is 6.51. The number of aromatic nitrogens is 2. The average Bonchev–Trinajstić information content (AvgIpc) is 3.17. The van der Waals surface area contributed by atoms with Crippen LogP contribution in [0.5, 0.6) is 0 Å². The SMILES string of the molecule is CC(C)N1CCC(CNCc2cn[nH]c2-c2ccccc2)C1.Cl. The molecular formula is C18H27ClN4. The Morgan fingerprint density at radius 1 is 1.30 bits per heavy atom. The van der Waals surface area contributed by atoms with Gasteiger partial charge in [0.2, 0.25) is 0 Å². The second-order valence-electron chi connectivity index (χ2n) is 6.51. The predicted octanol–water partition coefficient (Wildman–Crippen LogP) is 3.32. The van der Waals surface area contributed by atoms with Crippen molar-refractivity contribution in [1.82, 2.24) is 20.4 Å². The van der Waals surface area contributed by atoms with E-state index in [1.54, 1.807) is 0 Å². The molecule has 5 heteroatoms. The van der Waals surface area contributed by atoms with Gasteiger partial charge in [0.25, 0.3) is 0 Å². The molecule has 2 heterocycles. The number of nitrogens with zero attached hydrogens (tertiary/aromatic N) is 2. The average molecular weight is 335 g/mol. The molecule has 0 aliphatic carbocycles. The van der Waals surface area contributed by atoms with E-state index in [9.17, 15) is 0 Å². The number of benzene rings is 1. The van der Waals surface area contributed by atoms with Crippen LogP contribution in [0.3, 0.4) is 0 Å². The van der Waals surface area contributed by atoms with Gasteiger partial charge in [-0.2, -0.15) is 5.10 Å². The summed E-state index contributed by atoms with van der Waals surface area (Å²) in [6, 6.07) is 11.1. The summed E-state index contributed by atoms with van der Waals surface area (Å²) in [5.74, 6) is 0.773. The lowest BCUT2D eigenvalue weighted by Crippen LogP contribution is -2.30. The van der Waals surface area contributed by atoms with Crippen LogP contribution in [0.15, 0.2) is 36.5 Å². The fourth-order valence-electron chi connectivity index (χ4n) is 3.21. The van der Waals surface area contributed by atoms with Crippen molar-refractivity contribution in [3.8, 4) is 11.3 Å². The number of nitrogens with one attached hydrogen (secondary N) is 2. The number of H-pyrrole nitrogens is 1. The van der Waals surface area contributed by atoms with E-state index in [4.69, 9.17) is 0 Å². The van der Waals surface area contributed by atoms with Crippen LogP contribution in [-0.4, -0.2) is 40.8 Å². The Morgan fingerprint density at radius 2 is 2.09 bits per heavy atom. The Balaban J connectivity index is 0.00000192. The number of hydrogen-bond donors (Lipinski definition) is 2. The third kappa shape index (κ3) is 4.56. The molecule has 1 aliphatic heterocycles. The van der Waals surface area contributed by atoms with E-state index in [0.717, 1.165) is 24.7 Å². The Kier molecular flexibility index (Phi) is 6.63. The summed E-state index contributed by atoms with van der Waals surface area (Å²) in [6.07, 6.45) is 3.24. The molecule has 2 N–H and O–H groups in total. The van der Waals surface area contributed by atoms with Crippen molar-refractivity contribution in [2.75, 3.05) is 19.6 Å². The molecule has 4 nitrogen and oxygen atoms in total. The molecule has 0 spiro atoms.